The monoisotopic (exact) mass is 310 g/mol. The highest BCUT2D eigenvalue weighted by atomic mass is 32.2. The molecule has 0 radical (unpaired) electrons. The standard InChI is InChI=1S/C12H18N6O2S/c1-7-4-10(16-13)5-8(2)11(7)21(19,20)18-9(3)12-14-6-15-17-12/h4-6,9,16,18H,13H2,1-3H3,(H,14,15,17). The summed E-state index contributed by atoms with van der Waals surface area (Å²) < 4.78 is 27.7. The van der Waals surface area contributed by atoms with Crippen LogP contribution < -0.4 is 16.0 Å². The average molecular weight is 310 g/mol. The number of hydrazine groups is 1. The van der Waals surface area contributed by atoms with E-state index >= 15 is 0 Å². The van der Waals surface area contributed by atoms with Crippen molar-refractivity contribution < 1.29 is 8.42 Å². The van der Waals surface area contributed by atoms with E-state index in [1.807, 2.05) is 0 Å². The van der Waals surface area contributed by atoms with Crippen molar-refractivity contribution in [3.05, 3.63) is 35.4 Å². The van der Waals surface area contributed by atoms with Gasteiger partial charge in [0.25, 0.3) is 0 Å². The summed E-state index contributed by atoms with van der Waals surface area (Å²) in [6.07, 6.45) is 1.33. The lowest BCUT2D eigenvalue weighted by molar-refractivity contribution is 0.559. The number of benzene rings is 1. The molecule has 9 heteroatoms. The van der Waals surface area contributed by atoms with E-state index < -0.39 is 16.1 Å². The number of nitrogens with two attached hydrogens (primary N) is 1. The maximum absolute atomic E-state index is 12.6. The number of nitrogen functional groups attached to an aromatic ring is 1. The molecule has 0 spiro atoms. The van der Waals surface area contributed by atoms with Crippen molar-refractivity contribution in [2.45, 2.75) is 31.7 Å². The van der Waals surface area contributed by atoms with Gasteiger partial charge in [-0.25, -0.2) is 18.1 Å². The van der Waals surface area contributed by atoms with Crippen molar-refractivity contribution in [1.82, 2.24) is 19.9 Å². The first-order valence-corrected chi connectivity index (χ1v) is 7.79. The molecule has 8 nitrogen and oxygen atoms in total. The molecule has 0 aliphatic heterocycles. The highest BCUT2D eigenvalue weighted by Crippen LogP contribution is 2.25. The number of hydrogen-bond donors (Lipinski definition) is 4. The van der Waals surface area contributed by atoms with E-state index in [1.54, 1.807) is 32.9 Å². The average Bonchev–Trinajstić information content (AvgIpc) is 2.90. The van der Waals surface area contributed by atoms with Crippen molar-refractivity contribution in [3.63, 3.8) is 0 Å². The fraction of sp³-hybridized carbons (Fsp3) is 0.333. The maximum atomic E-state index is 12.6. The number of aromatic nitrogens is 3. The molecule has 1 aromatic heterocycles. The summed E-state index contributed by atoms with van der Waals surface area (Å²) in [5.41, 5.74) is 4.39. The van der Waals surface area contributed by atoms with Crippen LogP contribution in [0.4, 0.5) is 5.69 Å². The van der Waals surface area contributed by atoms with Crippen LogP contribution in [0.2, 0.25) is 0 Å². The first-order chi connectivity index (χ1) is 9.85. The van der Waals surface area contributed by atoms with Crippen LogP contribution in [0.3, 0.4) is 0 Å². The predicted octanol–water partition coefficient (Wildman–Crippen LogP) is 0.747. The second-order valence-corrected chi connectivity index (χ2v) is 6.45. The molecule has 0 saturated carbocycles. The van der Waals surface area contributed by atoms with Gasteiger partial charge >= 0.3 is 0 Å². The maximum Gasteiger partial charge on any atom is 0.241 e. The van der Waals surface area contributed by atoms with Crippen LogP contribution in [0, 0.1) is 13.8 Å². The number of sulfonamides is 1. The lowest BCUT2D eigenvalue weighted by Crippen LogP contribution is -2.29. The molecule has 2 aromatic rings. The summed E-state index contributed by atoms with van der Waals surface area (Å²) in [4.78, 5) is 4.19. The van der Waals surface area contributed by atoms with Crippen molar-refractivity contribution in [3.8, 4) is 0 Å². The Morgan fingerprint density at radius 2 is 1.90 bits per heavy atom. The van der Waals surface area contributed by atoms with E-state index in [1.165, 1.54) is 6.33 Å². The molecule has 0 saturated heterocycles. The first-order valence-electron chi connectivity index (χ1n) is 6.30. The van der Waals surface area contributed by atoms with Crippen molar-refractivity contribution in [1.29, 1.82) is 0 Å². The highest BCUT2D eigenvalue weighted by molar-refractivity contribution is 7.89. The SMILES string of the molecule is Cc1cc(NN)cc(C)c1S(=O)(=O)NC(C)c1ncn[nH]1. The molecule has 0 amide bonds. The van der Waals surface area contributed by atoms with E-state index in [-0.39, 0.29) is 4.90 Å². The second kappa shape index (κ2) is 5.80. The second-order valence-electron chi connectivity index (χ2n) is 4.80. The van der Waals surface area contributed by atoms with Gasteiger partial charge in [-0.2, -0.15) is 5.10 Å². The molecule has 1 heterocycles. The zero-order valence-corrected chi connectivity index (χ0v) is 12.8. The third-order valence-electron chi connectivity index (χ3n) is 3.07. The fourth-order valence-corrected chi connectivity index (χ4v) is 3.89. The van der Waals surface area contributed by atoms with Gasteiger partial charge in [0, 0.05) is 5.69 Å². The number of aromatic amines is 1. The number of H-pyrrole nitrogens is 1. The van der Waals surface area contributed by atoms with Crippen molar-refractivity contribution in [2.24, 2.45) is 5.84 Å². The quantitative estimate of drug-likeness (QED) is 0.477. The highest BCUT2D eigenvalue weighted by Gasteiger charge is 2.23. The van der Waals surface area contributed by atoms with Gasteiger partial charge in [-0.15, -0.1) is 0 Å². The predicted molar refractivity (Wildman–Crippen MR) is 78.8 cm³/mol. The molecule has 0 aliphatic rings. The Bertz CT molecular complexity index is 703. The normalized spacial score (nSPS) is 13.1. The molecular formula is C12H18N6O2S. The van der Waals surface area contributed by atoms with E-state index in [2.05, 4.69) is 25.3 Å². The van der Waals surface area contributed by atoms with Gasteiger partial charge in [0.15, 0.2) is 0 Å². The minimum Gasteiger partial charge on any atom is -0.324 e. The lowest BCUT2D eigenvalue weighted by Gasteiger charge is -2.16. The van der Waals surface area contributed by atoms with Crippen LogP contribution in [0.1, 0.15) is 29.9 Å². The Balaban J connectivity index is 2.36. The van der Waals surface area contributed by atoms with Crippen LogP contribution in [-0.4, -0.2) is 23.6 Å². The van der Waals surface area contributed by atoms with Gasteiger partial charge in [0.2, 0.25) is 10.0 Å². The molecule has 0 aliphatic carbocycles. The zero-order valence-electron chi connectivity index (χ0n) is 12.0. The Morgan fingerprint density at radius 1 is 1.29 bits per heavy atom. The molecule has 1 aromatic carbocycles. The van der Waals surface area contributed by atoms with Crippen LogP contribution in [0.5, 0.6) is 0 Å². The Hall–Kier alpha value is -1.97. The minimum absolute atomic E-state index is 0.243. The summed E-state index contributed by atoms with van der Waals surface area (Å²) in [5.74, 6) is 5.81. The van der Waals surface area contributed by atoms with Gasteiger partial charge < -0.3 is 5.43 Å². The molecule has 5 N–H and O–H groups in total. The summed E-state index contributed by atoms with van der Waals surface area (Å²) >= 11 is 0. The van der Waals surface area contributed by atoms with E-state index in [0.717, 1.165) is 0 Å². The number of nitrogens with zero attached hydrogens (tertiary/aromatic N) is 2. The van der Waals surface area contributed by atoms with Crippen LogP contribution in [-0.2, 0) is 10.0 Å². The molecule has 0 fully saturated rings. The van der Waals surface area contributed by atoms with Gasteiger partial charge in [0.1, 0.15) is 12.2 Å². The fourth-order valence-electron chi connectivity index (χ4n) is 2.23. The summed E-state index contributed by atoms with van der Waals surface area (Å²) in [6.45, 7) is 5.14. The van der Waals surface area contributed by atoms with Crippen LogP contribution in [0.25, 0.3) is 0 Å². The summed E-state index contributed by atoms with van der Waals surface area (Å²) in [5, 5.41) is 6.35. The summed E-state index contributed by atoms with van der Waals surface area (Å²) in [6, 6.07) is 2.85. The topological polar surface area (TPSA) is 126 Å². The van der Waals surface area contributed by atoms with E-state index in [4.69, 9.17) is 5.84 Å². The molecule has 21 heavy (non-hydrogen) atoms. The zero-order chi connectivity index (χ0) is 15.6. The summed E-state index contributed by atoms with van der Waals surface area (Å²) in [7, 11) is -3.68. The van der Waals surface area contributed by atoms with Crippen molar-refractivity contribution in [2.75, 3.05) is 5.43 Å². The number of hydrogen-bond acceptors (Lipinski definition) is 6. The first kappa shape index (κ1) is 15.4. The van der Waals surface area contributed by atoms with E-state index in [9.17, 15) is 8.42 Å². The largest absolute Gasteiger partial charge is 0.324 e. The minimum atomic E-state index is -3.68. The number of aryl methyl sites for hydroxylation is 2. The Kier molecular flexibility index (Phi) is 4.26. The van der Waals surface area contributed by atoms with Gasteiger partial charge in [-0.1, -0.05) is 0 Å². The lowest BCUT2D eigenvalue weighted by atomic mass is 10.1. The number of rotatable bonds is 5. The Labute approximate surface area is 123 Å². The number of nitrogens with one attached hydrogen (secondary N) is 3. The molecule has 114 valence electrons. The van der Waals surface area contributed by atoms with Gasteiger partial charge in [0.05, 0.1) is 10.9 Å². The smallest absolute Gasteiger partial charge is 0.241 e. The van der Waals surface area contributed by atoms with E-state index in [0.29, 0.717) is 22.6 Å². The Morgan fingerprint density at radius 3 is 2.38 bits per heavy atom. The molecular weight excluding hydrogens is 292 g/mol. The van der Waals surface area contributed by atoms with Gasteiger partial charge in [-0.3, -0.25) is 10.9 Å². The number of anilines is 1. The van der Waals surface area contributed by atoms with Crippen LogP contribution in [0.15, 0.2) is 23.4 Å². The molecule has 0 bridgehead atoms. The van der Waals surface area contributed by atoms with Crippen LogP contribution >= 0.6 is 0 Å². The van der Waals surface area contributed by atoms with Crippen molar-refractivity contribution >= 4 is 15.7 Å². The molecule has 2 rings (SSSR count). The van der Waals surface area contributed by atoms with Gasteiger partial charge in [-0.05, 0) is 44.0 Å². The molecule has 1 atom stereocenters. The molecule has 1 unspecified atom stereocenters. The third-order valence-corrected chi connectivity index (χ3v) is 4.92. The third kappa shape index (κ3) is 3.20.